The monoisotopic (exact) mass is 332 g/mol. The molecule has 2 aromatic heterocycles. The van der Waals surface area contributed by atoms with Crippen LogP contribution in [0.25, 0.3) is 0 Å². The van der Waals surface area contributed by atoms with Gasteiger partial charge in [0.25, 0.3) is 5.91 Å². The smallest absolute Gasteiger partial charge is 0.254 e. The zero-order valence-electron chi connectivity index (χ0n) is 13.1. The maximum atomic E-state index is 12.7. The van der Waals surface area contributed by atoms with Crippen molar-refractivity contribution in [3.8, 4) is 0 Å². The van der Waals surface area contributed by atoms with Gasteiger partial charge in [-0.15, -0.1) is 11.3 Å². The van der Waals surface area contributed by atoms with Crippen molar-refractivity contribution in [3.05, 3.63) is 40.2 Å². The average Bonchev–Trinajstić information content (AvgIpc) is 3.07. The molecule has 0 radical (unpaired) electrons. The third-order valence-corrected chi connectivity index (χ3v) is 5.15. The van der Waals surface area contributed by atoms with E-state index in [2.05, 4.69) is 10.6 Å². The fourth-order valence-corrected chi connectivity index (χ4v) is 4.23. The number of thiophene rings is 1. The Hall–Kier alpha value is -2.08. The molecule has 122 valence electrons. The van der Waals surface area contributed by atoms with Crippen LogP contribution in [0.4, 0.5) is 5.00 Å². The Morgan fingerprint density at radius 3 is 2.83 bits per heavy atom. The van der Waals surface area contributed by atoms with Crippen molar-refractivity contribution in [3.63, 3.8) is 0 Å². The van der Waals surface area contributed by atoms with E-state index in [1.165, 1.54) is 29.6 Å². The Balaban J connectivity index is 1.86. The fraction of sp³-hybridized carbons (Fsp3) is 0.412. The van der Waals surface area contributed by atoms with Crippen molar-refractivity contribution in [2.75, 3.05) is 5.32 Å². The van der Waals surface area contributed by atoms with E-state index in [4.69, 9.17) is 4.42 Å². The molecule has 2 heterocycles. The van der Waals surface area contributed by atoms with E-state index in [-0.39, 0.29) is 11.8 Å². The van der Waals surface area contributed by atoms with Gasteiger partial charge in [0, 0.05) is 11.8 Å². The lowest BCUT2D eigenvalue weighted by Gasteiger charge is -2.08. The number of hydrogen-bond acceptors (Lipinski definition) is 4. The van der Waals surface area contributed by atoms with Crippen LogP contribution < -0.4 is 10.6 Å². The number of furan rings is 1. The minimum absolute atomic E-state index is 0.149. The molecule has 5 nitrogen and oxygen atoms in total. The lowest BCUT2D eigenvalue weighted by molar-refractivity contribution is -0.114. The number of nitrogens with one attached hydrogen (secondary N) is 2. The van der Waals surface area contributed by atoms with Crippen LogP contribution in [0.5, 0.6) is 0 Å². The molecule has 2 aromatic rings. The molecule has 23 heavy (non-hydrogen) atoms. The number of fused-ring (bicyclic) bond motifs is 1. The van der Waals surface area contributed by atoms with Gasteiger partial charge in [-0.1, -0.05) is 6.42 Å². The standard InChI is InChI=1S/C17H20N2O3S/c1-11(20)19-17-15(13-7-3-2-4-8-14(13)23-17)16(21)18-10-12-6-5-9-22-12/h5-6,9H,2-4,7-8,10H2,1H3,(H,18,21)(H,19,20). The predicted octanol–water partition coefficient (Wildman–Crippen LogP) is 3.50. The van der Waals surface area contributed by atoms with E-state index < -0.39 is 0 Å². The van der Waals surface area contributed by atoms with E-state index in [1.54, 1.807) is 12.3 Å². The maximum Gasteiger partial charge on any atom is 0.254 e. The molecule has 1 aliphatic carbocycles. The van der Waals surface area contributed by atoms with Gasteiger partial charge in [-0.05, 0) is 43.4 Å². The minimum Gasteiger partial charge on any atom is -0.467 e. The summed E-state index contributed by atoms with van der Waals surface area (Å²) in [6.07, 6.45) is 6.88. The highest BCUT2D eigenvalue weighted by Crippen LogP contribution is 2.37. The summed E-state index contributed by atoms with van der Waals surface area (Å²) in [6.45, 7) is 1.81. The average molecular weight is 332 g/mol. The van der Waals surface area contributed by atoms with Crippen molar-refractivity contribution in [1.82, 2.24) is 5.32 Å². The van der Waals surface area contributed by atoms with Crippen molar-refractivity contribution in [2.45, 2.75) is 45.6 Å². The molecule has 2 N–H and O–H groups in total. The molecular formula is C17H20N2O3S. The molecule has 0 unspecified atom stereocenters. The SMILES string of the molecule is CC(=O)Nc1sc2c(c1C(=O)NCc1ccco1)CCCCC2. The molecule has 0 atom stereocenters. The Kier molecular flexibility index (Phi) is 4.81. The third kappa shape index (κ3) is 3.64. The highest BCUT2D eigenvalue weighted by molar-refractivity contribution is 7.17. The summed E-state index contributed by atoms with van der Waals surface area (Å²) in [7, 11) is 0. The molecule has 0 saturated carbocycles. The summed E-state index contributed by atoms with van der Waals surface area (Å²) in [5.74, 6) is 0.409. The van der Waals surface area contributed by atoms with Crippen LogP contribution in [-0.4, -0.2) is 11.8 Å². The Labute approximate surface area is 139 Å². The summed E-state index contributed by atoms with van der Waals surface area (Å²) in [6, 6.07) is 3.62. The third-order valence-electron chi connectivity index (χ3n) is 3.94. The molecule has 0 aliphatic heterocycles. The summed E-state index contributed by atoms with van der Waals surface area (Å²) in [4.78, 5) is 25.4. The zero-order valence-corrected chi connectivity index (χ0v) is 13.9. The second-order valence-electron chi connectivity index (χ2n) is 5.71. The number of aryl methyl sites for hydroxylation is 1. The lowest BCUT2D eigenvalue weighted by atomic mass is 10.0. The highest BCUT2D eigenvalue weighted by atomic mass is 32.1. The van der Waals surface area contributed by atoms with Crippen molar-refractivity contribution >= 4 is 28.2 Å². The molecule has 2 amide bonds. The first-order valence-electron chi connectivity index (χ1n) is 7.88. The van der Waals surface area contributed by atoms with Gasteiger partial charge in [0.15, 0.2) is 0 Å². The zero-order chi connectivity index (χ0) is 16.2. The quantitative estimate of drug-likeness (QED) is 0.842. The number of carbonyl (C=O) groups is 2. The first kappa shape index (κ1) is 15.8. The van der Waals surface area contributed by atoms with Gasteiger partial charge in [0.2, 0.25) is 5.91 Å². The van der Waals surface area contributed by atoms with Gasteiger partial charge in [-0.3, -0.25) is 9.59 Å². The van der Waals surface area contributed by atoms with Crippen LogP contribution in [-0.2, 0) is 24.2 Å². The number of anilines is 1. The second-order valence-corrected chi connectivity index (χ2v) is 6.82. The molecule has 0 fully saturated rings. The molecule has 0 spiro atoms. The number of amides is 2. The predicted molar refractivity (Wildman–Crippen MR) is 89.8 cm³/mol. The van der Waals surface area contributed by atoms with Crippen molar-refractivity contribution < 1.29 is 14.0 Å². The normalized spacial score (nSPS) is 14.0. The van der Waals surface area contributed by atoms with Crippen LogP contribution in [0.3, 0.4) is 0 Å². The van der Waals surface area contributed by atoms with Crippen LogP contribution in [0.15, 0.2) is 22.8 Å². The van der Waals surface area contributed by atoms with Crippen LogP contribution in [0.1, 0.15) is 52.7 Å². The summed E-state index contributed by atoms with van der Waals surface area (Å²) in [5, 5.41) is 6.38. The van der Waals surface area contributed by atoms with Gasteiger partial charge in [0.1, 0.15) is 10.8 Å². The topological polar surface area (TPSA) is 71.3 Å². The van der Waals surface area contributed by atoms with E-state index in [1.807, 2.05) is 6.07 Å². The maximum absolute atomic E-state index is 12.7. The largest absolute Gasteiger partial charge is 0.467 e. The van der Waals surface area contributed by atoms with Crippen LogP contribution in [0.2, 0.25) is 0 Å². The second kappa shape index (κ2) is 7.00. The Morgan fingerprint density at radius 1 is 1.26 bits per heavy atom. The first-order valence-corrected chi connectivity index (χ1v) is 8.69. The van der Waals surface area contributed by atoms with Gasteiger partial charge in [-0.25, -0.2) is 0 Å². The summed E-state index contributed by atoms with van der Waals surface area (Å²) >= 11 is 1.54. The molecular weight excluding hydrogens is 312 g/mol. The fourth-order valence-electron chi connectivity index (χ4n) is 2.90. The number of carbonyl (C=O) groups excluding carboxylic acids is 2. The van der Waals surface area contributed by atoms with Crippen LogP contribution >= 0.6 is 11.3 Å². The van der Waals surface area contributed by atoms with Gasteiger partial charge < -0.3 is 15.1 Å². The molecule has 0 bridgehead atoms. The van der Waals surface area contributed by atoms with Gasteiger partial charge in [-0.2, -0.15) is 0 Å². The Bertz CT molecular complexity index is 704. The molecule has 3 rings (SSSR count). The molecule has 6 heteroatoms. The van der Waals surface area contributed by atoms with Crippen molar-refractivity contribution in [2.24, 2.45) is 0 Å². The van der Waals surface area contributed by atoms with E-state index in [0.717, 1.165) is 31.2 Å². The number of hydrogen-bond donors (Lipinski definition) is 2. The highest BCUT2D eigenvalue weighted by Gasteiger charge is 2.25. The Morgan fingerprint density at radius 2 is 2.09 bits per heavy atom. The van der Waals surface area contributed by atoms with Gasteiger partial charge >= 0.3 is 0 Å². The molecule has 0 saturated heterocycles. The summed E-state index contributed by atoms with van der Waals surface area (Å²) in [5.41, 5.74) is 1.74. The number of rotatable bonds is 4. The van der Waals surface area contributed by atoms with Crippen LogP contribution in [0, 0.1) is 0 Å². The summed E-state index contributed by atoms with van der Waals surface area (Å²) < 4.78 is 5.25. The van der Waals surface area contributed by atoms with E-state index >= 15 is 0 Å². The van der Waals surface area contributed by atoms with Gasteiger partial charge in [0.05, 0.1) is 18.4 Å². The lowest BCUT2D eigenvalue weighted by Crippen LogP contribution is -2.24. The molecule has 1 aliphatic rings. The minimum atomic E-state index is -0.151. The van der Waals surface area contributed by atoms with Crippen molar-refractivity contribution in [1.29, 1.82) is 0 Å². The van der Waals surface area contributed by atoms with E-state index in [9.17, 15) is 9.59 Å². The van der Waals surface area contributed by atoms with E-state index in [0.29, 0.717) is 22.9 Å². The first-order chi connectivity index (χ1) is 11.1. The molecule has 0 aromatic carbocycles.